The van der Waals surface area contributed by atoms with Crippen molar-refractivity contribution < 1.29 is 4.79 Å². The highest BCUT2D eigenvalue weighted by Crippen LogP contribution is 1.98. The zero-order valence-electron chi connectivity index (χ0n) is 5.86. The molecule has 0 aromatic carbocycles. The van der Waals surface area contributed by atoms with Crippen LogP contribution >= 0.6 is 12.6 Å². The van der Waals surface area contributed by atoms with Crippen molar-refractivity contribution in [3.05, 3.63) is 0 Å². The van der Waals surface area contributed by atoms with Crippen molar-refractivity contribution in [2.75, 3.05) is 32.1 Å². The summed E-state index contributed by atoms with van der Waals surface area (Å²) >= 11 is 4.14. The summed E-state index contributed by atoms with van der Waals surface area (Å²) in [5.74, 6) is 0.798. The molecule has 1 heterocycles. The first-order valence-corrected chi connectivity index (χ1v) is 4.02. The molecule has 0 N–H and O–H groups in total. The molecule has 1 rings (SSSR count). The molecule has 0 aromatic rings. The summed E-state index contributed by atoms with van der Waals surface area (Å²) in [6.07, 6.45) is 0.913. The third kappa shape index (κ3) is 1.88. The van der Waals surface area contributed by atoms with Gasteiger partial charge in [0.05, 0.1) is 0 Å². The highest BCUT2D eigenvalue weighted by Gasteiger charge is 2.12. The van der Waals surface area contributed by atoms with Crippen LogP contribution < -0.4 is 0 Å². The molecule has 1 fully saturated rings. The van der Waals surface area contributed by atoms with Gasteiger partial charge in [-0.15, -0.1) is 0 Å². The van der Waals surface area contributed by atoms with Crippen LogP contribution in [0.2, 0.25) is 0 Å². The second-order valence-corrected chi connectivity index (χ2v) is 2.68. The molecule has 3 nitrogen and oxygen atoms in total. The number of carbonyl (C=O) groups excluding carboxylic acids is 1. The molecule has 1 amide bonds. The zero-order valence-corrected chi connectivity index (χ0v) is 6.76. The Morgan fingerprint density at radius 3 is 2.30 bits per heavy atom. The van der Waals surface area contributed by atoms with Gasteiger partial charge in [-0.25, -0.2) is 0 Å². The smallest absolute Gasteiger partial charge is 0.209 e. The third-order valence-electron chi connectivity index (χ3n) is 1.76. The van der Waals surface area contributed by atoms with E-state index in [1.807, 2.05) is 0 Å². The van der Waals surface area contributed by atoms with E-state index in [9.17, 15) is 4.79 Å². The van der Waals surface area contributed by atoms with Gasteiger partial charge in [-0.3, -0.25) is 9.69 Å². The van der Waals surface area contributed by atoms with Gasteiger partial charge in [0, 0.05) is 32.1 Å². The molecule has 0 aromatic heterocycles. The van der Waals surface area contributed by atoms with Crippen molar-refractivity contribution >= 4 is 19.0 Å². The van der Waals surface area contributed by atoms with Crippen LogP contribution in [-0.4, -0.2) is 48.3 Å². The van der Waals surface area contributed by atoms with Gasteiger partial charge in [0.1, 0.15) is 0 Å². The summed E-state index contributed by atoms with van der Waals surface area (Å²) in [5, 5.41) is 0. The van der Waals surface area contributed by atoms with E-state index in [0.717, 1.165) is 38.5 Å². The number of piperazine rings is 1. The van der Waals surface area contributed by atoms with Crippen LogP contribution in [-0.2, 0) is 4.79 Å². The summed E-state index contributed by atoms with van der Waals surface area (Å²) in [5.41, 5.74) is 0. The predicted molar refractivity (Wildman–Crippen MR) is 43.1 cm³/mol. The minimum atomic E-state index is 0.798. The van der Waals surface area contributed by atoms with Crippen LogP contribution in [0.15, 0.2) is 0 Å². The number of nitrogens with zero attached hydrogens (tertiary/aromatic N) is 2. The number of rotatable bonds is 2. The highest BCUT2D eigenvalue weighted by molar-refractivity contribution is 7.80. The summed E-state index contributed by atoms with van der Waals surface area (Å²) in [6.45, 7) is 3.62. The fourth-order valence-electron chi connectivity index (χ4n) is 1.01. The molecule has 0 spiro atoms. The number of hydrogen-bond acceptors (Lipinski definition) is 3. The van der Waals surface area contributed by atoms with E-state index in [4.69, 9.17) is 0 Å². The SMILES string of the molecule is O=CN1CCN(CS)CC1. The fraction of sp³-hybridized carbons (Fsp3) is 0.833. The first kappa shape index (κ1) is 7.88. The second-order valence-electron chi connectivity index (χ2n) is 2.40. The molecule has 0 radical (unpaired) electrons. The molecule has 0 aliphatic carbocycles. The topological polar surface area (TPSA) is 23.6 Å². The third-order valence-corrected chi connectivity index (χ3v) is 2.16. The highest BCUT2D eigenvalue weighted by atomic mass is 32.1. The Labute approximate surface area is 66.4 Å². The van der Waals surface area contributed by atoms with E-state index in [1.54, 1.807) is 4.90 Å². The molecule has 4 heteroatoms. The molecular formula is C6H12N2OS. The number of carbonyl (C=O) groups is 1. The van der Waals surface area contributed by atoms with Crippen molar-refractivity contribution in [3.8, 4) is 0 Å². The minimum absolute atomic E-state index is 0.798. The quantitative estimate of drug-likeness (QED) is 0.441. The lowest BCUT2D eigenvalue weighted by Gasteiger charge is -2.30. The standard InChI is InChI=1S/C6H12N2OS/c9-5-7-1-3-8(6-10)4-2-7/h5,10H,1-4,6H2. The lowest BCUT2D eigenvalue weighted by atomic mass is 10.4. The number of amides is 1. The van der Waals surface area contributed by atoms with E-state index < -0.39 is 0 Å². The van der Waals surface area contributed by atoms with Gasteiger partial charge in [0.15, 0.2) is 0 Å². The first-order valence-electron chi connectivity index (χ1n) is 3.39. The van der Waals surface area contributed by atoms with E-state index in [0.29, 0.717) is 0 Å². The summed E-state index contributed by atoms with van der Waals surface area (Å²) < 4.78 is 0. The maximum atomic E-state index is 10.2. The lowest BCUT2D eigenvalue weighted by Crippen LogP contribution is -2.44. The van der Waals surface area contributed by atoms with Crippen LogP contribution in [0.5, 0.6) is 0 Å². The maximum absolute atomic E-state index is 10.2. The van der Waals surface area contributed by atoms with Gasteiger partial charge in [0.25, 0.3) is 0 Å². The Hall–Kier alpha value is -0.220. The molecule has 10 heavy (non-hydrogen) atoms. The van der Waals surface area contributed by atoms with Gasteiger partial charge >= 0.3 is 0 Å². The predicted octanol–water partition coefficient (Wildman–Crippen LogP) is -0.352. The Morgan fingerprint density at radius 1 is 1.30 bits per heavy atom. The minimum Gasteiger partial charge on any atom is -0.343 e. The van der Waals surface area contributed by atoms with E-state index in [-0.39, 0.29) is 0 Å². The van der Waals surface area contributed by atoms with Crippen LogP contribution in [0.4, 0.5) is 0 Å². The number of thiol groups is 1. The Kier molecular flexibility index (Phi) is 3.02. The van der Waals surface area contributed by atoms with Crippen LogP contribution in [0.1, 0.15) is 0 Å². The van der Waals surface area contributed by atoms with E-state index in [1.165, 1.54) is 0 Å². The second kappa shape index (κ2) is 3.83. The summed E-state index contributed by atoms with van der Waals surface area (Å²) in [7, 11) is 0. The van der Waals surface area contributed by atoms with Crippen molar-refractivity contribution in [1.29, 1.82) is 0 Å². The van der Waals surface area contributed by atoms with Gasteiger partial charge < -0.3 is 4.90 Å². The lowest BCUT2D eigenvalue weighted by molar-refractivity contribution is -0.119. The van der Waals surface area contributed by atoms with Crippen molar-refractivity contribution in [1.82, 2.24) is 9.80 Å². The summed E-state index contributed by atoms with van der Waals surface area (Å²) in [6, 6.07) is 0. The molecule has 58 valence electrons. The average Bonchev–Trinajstić information content (AvgIpc) is 2.05. The molecule has 1 saturated heterocycles. The largest absolute Gasteiger partial charge is 0.343 e. The maximum Gasteiger partial charge on any atom is 0.209 e. The van der Waals surface area contributed by atoms with Crippen molar-refractivity contribution in [2.24, 2.45) is 0 Å². The Morgan fingerprint density at radius 2 is 1.90 bits per heavy atom. The molecule has 0 atom stereocenters. The average molecular weight is 160 g/mol. The van der Waals surface area contributed by atoms with E-state index in [2.05, 4.69) is 17.5 Å². The molecule has 1 aliphatic rings. The van der Waals surface area contributed by atoms with Gasteiger partial charge in [-0.2, -0.15) is 12.6 Å². The molecule has 0 bridgehead atoms. The van der Waals surface area contributed by atoms with Crippen LogP contribution in [0.3, 0.4) is 0 Å². The number of hydrogen-bond donors (Lipinski definition) is 1. The van der Waals surface area contributed by atoms with Crippen molar-refractivity contribution in [3.63, 3.8) is 0 Å². The van der Waals surface area contributed by atoms with Crippen LogP contribution in [0.25, 0.3) is 0 Å². The summed E-state index contributed by atoms with van der Waals surface area (Å²) in [4.78, 5) is 14.2. The van der Waals surface area contributed by atoms with E-state index >= 15 is 0 Å². The van der Waals surface area contributed by atoms with Crippen molar-refractivity contribution in [2.45, 2.75) is 0 Å². The van der Waals surface area contributed by atoms with Gasteiger partial charge in [-0.05, 0) is 0 Å². The molecule has 0 unspecified atom stereocenters. The normalized spacial score (nSPS) is 21.1. The fourth-order valence-corrected chi connectivity index (χ4v) is 1.29. The van der Waals surface area contributed by atoms with Gasteiger partial charge in [0.2, 0.25) is 6.41 Å². The molecule has 0 saturated carbocycles. The Balaban J connectivity index is 2.23. The molecular weight excluding hydrogens is 148 g/mol. The van der Waals surface area contributed by atoms with Gasteiger partial charge in [-0.1, -0.05) is 0 Å². The monoisotopic (exact) mass is 160 g/mol. The Bertz CT molecular complexity index is 112. The first-order chi connectivity index (χ1) is 4.86. The zero-order chi connectivity index (χ0) is 7.40. The molecule has 1 aliphatic heterocycles. The van der Waals surface area contributed by atoms with Crippen LogP contribution in [0, 0.1) is 0 Å².